The molecule has 2 rings (SSSR count). The molecule has 1 aliphatic rings. The predicted molar refractivity (Wildman–Crippen MR) is 90.4 cm³/mol. The predicted octanol–water partition coefficient (Wildman–Crippen LogP) is 3.50. The number of carbonyl (C=O) groups excluding carboxylic acids is 1. The fourth-order valence-corrected chi connectivity index (χ4v) is 2.58. The Bertz CT molecular complexity index is 681. The Kier molecular flexibility index (Phi) is 5.46. The molecule has 1 amide bonds. The van der Waals surface area contributed by atoms with Gasteiger partial charge in [0.25, 0.3) is 5.92 Å². The van der Waals surface area contributed by atoms with Crippen LogP contribution < -0.4 is 0 Å². The van der Waals surface area contributed by atoms with Crippen LogP contribution in [-0.4, -0.2) is 46.4 Å². The molecule has 7 heteroatoms. The van der Waals surface area contributed by atoms with Crippen LogP contribution in [0.15, 0.2) is 18.3 Å². The van der Waals surface area contributed by atoms with Crippen molar-refractivity contribution in [3.8, 4) is 0 Å². The van der Waals surface area contributed by atoms with Crippen molar-refractivity contribution in [1.82, 2.24) is 9.88 Å². The molecule has 0 saturated heterocycles. The average Bonchev–Trinajstić information content (AvgIpc) is 2.53. The van der Waals surface area contributed by atoms with E-state index in [-0.39, 0.29) is 11.7 Å². The van der Waals surface area contributed by atoms with Gasteiger partial charge in [0.05, 0.1) is 5.69 Å². The van der Waals surface area contributed by atoms with Gasteiger partial charge in [-0.1, -0.05) is 6.08 Å². The molecular weight excluding hydrogens is 330 g/mol. The summed E-state index contributed by atoms with van der Waals surface area (Å²) in [6.07, 6.45) is 3.17. The van der Waals surface area contributed by atoms with Crippen molar-refractivity contribution in [1.29, 1.82) is 0 Å². The summed E-state index contributed by atoms with van der Waals surface area (Å²) in [6, 6.07) is 1.35. The molecule has 0 atom stereocenters. The van der Waals surface area contributed by atoms with E-state index in [0.29, 0.717) is 30.8 Å². The highest BCUT2D eigenvalue weighted by Crippen LogP contribution is 2.30. The summed E-state index contributed by atoms with van der Waals surface area (Å²) in [5.41, 5.74) is 1.32. The summed E-state index contributed by atoms with van der Waals surface area (Å²) in [4.78, 5) is 17.8. The monoisotopic (exact) mass is 354 g/mol. The van der Waals surface area contributed by atoms with Crippen molar-refractivity contribution in [2.75, 3.05) is 19.7 Å². The lowest BCUT2D eigenvalue weighted by atomic mass is 9.99. The molecule has 0 saturated carbocycles. The van der Waals surface area contributed by atoms with E-state index in [9.17, 15) is 13.6 Å². The molecule has 0 bridgehead atoms. The van der Waals surface area contributed by atoms with Crippen LogP contribution in [0.3, 0.4) is 0 Å². The van der Waals surface area contributed by atoms with Crippen LogP contribution in [0.4, 0.5) is 13.6 Å². The van der Waals surface area contributed by atoms with Crippen LogP contribution in [0, 0.1) is 6.92 Å². The fourth-order valence-electron chi connectivity index (χ4n) is 2.58. The molecule has 25 heavy (non-hydrogen) atoms. The number of aliphatic hydroxyl groups is 1. The first kappa shape index (κ1) is 19.3. The van der Waals surface area contributed by atoms with Crippen molar-refractivity contribution in [2.45, 2.75) is 45.6 Å². The lowest BCUT2D eigenvalue weighted by Crippen LogP contribution is -2.39. The number of amides is 1. The van der Waals surface area contributed by atoms with Crippen LogP contribution in [0.1, 0.15) is 44.0 Å². The van der Waals surface area contributed by atoms with Gasteiger partial charge in [0.15, 0.2) is 0 Å². The van der Waals surface area contributed by atoms with Gasteiger partial charge >= 0.3 is 6.09 Å². The van der Waals surface area contributed by atoms with Crippen molar-refractivity contribution in [2.24, 2.45) is 0 Å². The van der Waals surface area contributed by atoms with Gasteiger partial charge in [-0.3, -0.25) is 4.98 Å². The third kappa shape index (κ3) is 4.75. The highest BCUT2D eigenvalue weighted by atomic mass is 19.3. The molecule has 1 N–H and O–H groups in total. The fraction of sp³-hybridized carbons (Fsp3) is 0.556. The largest absolute Gasteiger partial charge is 0.444 e. The van der Waals surface area contributed by atoms with E-state index in [1.807, 2.05) is 26.8 Å². The maximum absolute atomic E-state index is 13.6. The summed E-state index contributed by atoms with van der Waals surface area (Å²) in [5, 5.41) is 8.78. The minimum absolute atomic E-state index is 0.303. The van der Waals surface area contributed by atoms with E-state index in [0.717, 1.165) is 11.8 Å². The standard InChI is InChI=1S/C18H24F2N2O3/c1-12-9-14(18(19,20)11-23)10-21-15(12)13-5-7-22(8-6-13)16(24)25-17(2,3)4/h5,9-10,23H,6-8,11H2,1-4H3. The van der Waals surface area contributed by atoms with Gasteiger partial charge in [-0.05, 0) is 51.3 Å². The number of rotatable bonds is 3. The topological polar surface area (TPSA) is 62.7 Å². The Morgan fingerprint density at radius 3 is 2.56 bits per heavy atom. The molecule has 5 nitrogen and oxygen atoms in total. The molecule has 2 heterocycles. The van der Waals surface area contributed by atoms with Crippen LogP contribution in [0.2, 0.25) is 0 Å². The van der Waals surface area contributed by atoms with Gasteiger partial charge in [-0.2, -0.15) is 8.78 Å². The van der Waals surface area contributed by atoms with Crippen LogP contribution in [-0.2, 0) is 10.7 Å². The van der Waals surface area contributed by atoms with Gasteiger partial charge in [0, 0.05) is 24.8 Å². The lowest BCUT2D eigenvalue weighted by Gasteiger charge is -2.29. The number of hydrogen-bond acceptors (Lipinski definition) is 4. The smallest absolute Gasteiger partial charge is 0.410 e. The summed E-state index contributed by atoms with van der Waals surface area (Å²) in [7, 11) is 0. The van der Waals surface area contributed by atoms with E-state index in [1.54, 1.807) is 11.8 Å². The molecule has 0 aromatic carbocycles. The Morgan fingerprint density at radius 1 is 1.40 bits per heavy atom. The number of nitrogens with zero attached hydrogens (tertiary/aromatic N) is 2. The van der Waals surface area contributed by atoms with E-state index < -0.39 is 18.1 Å². The molecule has 138 valence electrons. The second kappa shape index (κ2) is 7.07. The van der Waals surface area contributed by atoms with Gasteiger partial charge < -0.3 is 14.7 Å². The number of carbonyl (C=O) groups is 1. The number of hydrogen-bond donors (Lipinski definition) is 1. The number of halogens is 2. The van der Waals surface area contributed by atoms with Gasteiger partial charge in [-0.15, -0.1) is 0 Å². The number of aromatic nitrogens is 1. The normalized spacial score (nSPS) is 15.8. The number of aliphatic hydroxyl groups excluding tert-OH is 1. The van der Waals surface area contributed by atoms with E-state index >= 15 is 0 Å². The Balaban J connectivity index is 2.13. The highest BCUT2D eigenvalue weighted by molar-refractivity contribution is 5.72. The highest BCUT2D eigenvalue weighted by Gasteiger charge is 2.32. The minimum Gasteiger partial charge on any atom is -0.444 e. The van der Waals surface area contributed by atoms with Gasteiger partial charge in [-0.25, -0.2) is 4.79 Å². The minimum atomic E-state index is -3.30. The third-order valence-corrected chi connectivity index (χ3v) is 3.86. The van der Waals surface area contributed by atoms with Crippen LogP contribution in [0.25, 0.3) is 5.57 Å². The Morgan fingerprint density at radius 2 is 2.08 bits per heavy atom. The molecule has 0 aliphatic carbocycles. The summed E-state index contributed by atoms with van der Waals surface area (Å²) < 4.78 is 32.4. The van der Waals surface area contributed by atoms with Crippen molar-refractivity contribution < 1.29 is 23.4 Å². The number of pyridine rings is 1. The lowest BCUT2D eigenvalue weighted by molar-refractivity contribution is -0.0559. The zero-order valence-electron chi connectivity index (χ0n) is 15.0. The molecule has 0 fully saturated rings. The summed E-state index contributed by atoms with van der Waals surface area (Å²) >= 11 is 0. The zero-order chi connectivity index (χ0) is 18.8. The zero-order valence-corrected chi connectivity index (χ0v) is 15.0. The first-order chi connectivity index (χ1) is 11.5. The number of aryl methyl sites for hydroxylation is 1. The van der Waals surface area contributed by atoms with Crippen LogP contribution >= 0.6 is 0 Å². The SMILES string of the molecule is Cc1cc(C(F)(F)CO)cnc1C1=CCN(C(=O)OC(C)(C)C)CC1. The maximum atomic E-state index is 13.6. The Hall–Kier alpha value is -2.02. The molecule has 1 aromatic rings. The van der Waals surface area contributed by atoms with Crippen molar-refractivity contribution in [3.63, 3.8) is 0 Å². The molecule has 0 spiro atoms. The summed E-state index contributed by atoms with van der Waals surface area (Å²) in [6.45, 7) is 6.77. The molecular formula is C18H24F2N2O3. The second-order valence-corrected chi connectivity index (χ2v) is 7.16. The van der Waals surface area contributed by atoms with E-state index in [4.69, 9.17) is 9.84 Å². The molecule has 0 unspecified atom stereocenters. The van der Waals surface area contributed by atoms with Gasteiger partial charge in [0.1, 0.15) is 12.2 Å². The quantitative estimate of drug-likeness (QED) is 0.902. The molecule has 1 aromatic heterocycles. The van der Waals surface area contributed by atoms with Crippen LogP contribution in [0.5, 0.6) is 0 Å². The first-order valence-electron chi connectivity index (χ1n) is 8.16. The molecule has 0 radical (unpaired) electrons. The second-order valence-electron chi connectivity index (χ2n) is 7.16. The van der Waals surface area contributed by atoms with E-state index in [2.05, 4.69) is 4.98 Å². The average molecular weight is 354 g/mol. The van der Waals surface area contributed by atoms with Crippen molar-refractivity contribution >= 4 is 11.7 Å². The number of alkyl halides is 2. The summed E-state index contributed by atoms with van der Waals surface area (Å²) in [5.74, 6) is -3.30. The third-order valence-electron chi connectivity index (χ3n) is 3.86. The van der Waals surface area contributed by atoms with Gasteiger partial charge in [0.2, 0.25) is 0 Å². The van der Waals surface area contributed by atoms with E-state index in [1.165, 1.54) is 6.07 Å². The first-order valence-corrected chi connectivity index (χ1v) is 8.16. The number of ether oxygens (including phenoxy) is 1. The Labute approximate surface area is 146 Å². The van der Waals surface area contributed by atoms with Crippen molar-refractivity contribution in [3.05, 3.63) is 35.2 Å². The molecule has 1 aliphatic heterocycles. The maximum Gasteiger partial charge on any atom is 0.410 e.